The fraction of sp³-hybridized carbons (Fsp3) is 0.588. The normalized spacial score (nSPS) is 11.1. The zero-order valence-electron chi connectivity index (χ0n) is 13.1. The average molecular weight is 277 g/mol. The number of benzene rings is 1. The molecule has 0 aromatic heterocycles. The molecule has 1 aromatic rings. The molecular formula is C17H27NO2. The molecule has 3 nitrogen and oxygen atoms in total. The van der Waals surface area contributed by atoms with Gasteiger partial charge < -0.3 is 10.1 Å². The lowest BCUT2D eigenvalue weighted by molar-refractivity contribution is 0.0906. The topological polar surface area (TPSA) is 38.3 Å². The van der Waals surface area contributed by atoms with Crippen LogP contribution in [0.5, 0.6) is 0 Å². The van der Waals surface area contributed by atoms with Gasteiger partial charge in [-0.05, 0) is 36.0 Å². The number of rotatable bonds is 8. The van der Waals surface area contributed by atoms with Gasteiger partial charge in [-0.15, -0.1) is 0 Å². The molecule has 112 valence electrons. The van der Waals surface area contributed by atoms with Crippen LogP contribution < -0.4 is 5.32 Å². The monoisotopic (exact) mass is 277 g/mol. The van der Waals surface area contributed by atoms with Crippen LogP contribution in [0.2, 0.25) is 0 Å². The van der Waals surface area contributed by atoms with Crippen LogP contribution in [0.3, 0.4) is 0 Å². The highest BCUT2D eigenvalue weighted by molar-refractivity contribution is 5.94. The summed E-state index contributed by atoms with van der Waals surface area (Å²) in [4.78, 5) is 11.9. The molecule has 1 N–H and O–H groups in total. The van der Waals surface area contributed by atoms with E-state index in [-0.39, 0.29) is 5.91 Å². The second kappa shape index (κ2) is 8.75. The van der Waals surface area contributed by atoms with Crippen LogP contribution >= 0.6 is 0 Å². The Morgan fingerprint density at radius 2 is 1.75 bits per heavy atom. The summed E-state index contributed by atoms with van der Waals surface area (Å²) in [5.41, 5.74) is 1.95. The Bertz CT molecular complexity index is 396. The molecular weight excluding hydrogens is 250 g/mol. The van der Waals surface area contributed by atoms with Crippen molar-refractivity contribution in [1.29, 1.82) is 0 Å². The first-order chi connectivity index (χ1) is 9.50. The van der Waals surface area contributed by atoms with E-state index in [1.807, 2.05) is 24.3 Å². The Morgan fingerprint density at radius 3 is 2.30 bits per heavy atom. The second-order valence-corrected chi connectivity index (χ2v) is 5.83. The summed E-state index contributed by atoms with van der Waals surface area (Å²) in [6.07, 6.45) is 1.06. The van der Waals surface area contributed by atoms with Crippen molar-refractivity contribution in [3.8, 4) is 0 Å². The maximum atomic E-state index is 11.9. The molecule has 20 heavy (non-hydrogen) atoms. The van der Waals surface area contributed by atoms with Crippen LogP contribution in [0.1, 0.15) is 56.0 Å². The van der Waals surface area contributed by atoms with Crippen molar-refractivity contribution in [2.75, 3.05) is 19.8 Å². The van der Waals surface area contributed by atoms with Gasteiger partial charge in [0.15, 0.2) is 0 Å². The van der Waals surface area contributed by atoms with Gasteiger partial charge in [0.1, 0.15) is 0 Å². The minimum atomic E-state index is -0.0345. The molecule has 0 unspecified atom stereocenters. The quantitative estimate of drug-likeness (QED) is 0.737. The highest BCUT2D eigenvalue weighted by atomic mass is 16.5. The van der Waals surface area contributed by atoms with Crippen molar-refractivity contribution in [2.24, 2.45) is 5.92 Å². The first kappa shape index (κ1) is 16.7. The summed E-state index contributed by atoms with van der Waals surface area (Å²) in [6, 6.07) is 7.78. The average Bonchev–Trinajstić information content (AvgIpc) is 2.42. The van der Waals surface area contributed by atoms with Crippen molar-refractivity contribution >= 4 is 5.91 Å². The highest BCUT2D eigenvalue weighted by Gasteiger charge is 2.05. The van der Waals surface area contributed by atoms with Gasteiger partial charge in [0.25, 0.3) is 5.91 Å². The summed E-state index contributed by atoms with van der Waals surface area (Å²) >= 11 is 0. The molecule has 0 radical (unpaired) electrons. The van der Waals surface area contributed by atoms with Gasteiger partial charge in [-0.3, -0.25) is 4.79 Å². The van der Waals surface area contributed by atoms with Crippen LogP contribution in [-0.4, -0.2) is 25.7 Å². The molecule has 0 heterocycles. The highest BCUT2D eigenvalue weighted by Crippen LogP contribution is 2.14. The largest absolute Gasteiger partial charge is 0.380 e. The minimum absolute atomic E-state index is 0.0345. The van der Waals surface area contributed by atoms with E-state index in [1.165, 1.54) is 5.56 Å². The SMILES string of the molecule is CC(C)CCOCCNC(=O)c1ccc(C(C)C)cc1. The van der Waals surface area contributed by atoms with Crippen molar-refractivity contribution in [1.82, 2.24) is 5.32 Å². The number of nitrogens with one attached hydrogen (secondary N) is 1. The lowest BCUT2D eigenvalue weighted by Gasteiger charge is -2.09. The van der Waals surface area contributed by atoms with E-state index in [0.717, 1.165) is 13.0 Å². The molecule has 1 rings (SSSR count). The predicted molar refractivity (Wildman–Crippen MR) is 83.1 cm³/mol. The minimum Gasteiger partial charge on any atom is -0.380 e. The molecule has 0 saturated heterocycles. The number of carbonyl (C=O) groups excluding carboxylic acids is 1. The Hall–Kier alpha value is -1.35. The fourth-order valence-corrected chi connectivity index (χ4v) is 1.78. The zero-order chi connectivity index (χ0) is 15.0. The third-order valence-corrected chi connectivity index (χ3v) is 3.21. The Labute approximate surface area is 122 Å². The molecule has 0 aliphatic carbocycles. The first-order valence-corrected chi connectivity index (χ1v) is 7.46. The van der Waals surface area contributed by atoms with Crippen molar-refractivity contribution in [2.45, 2.75) is 40.0 Å². The summed E-state index contributed by atoms with van der Waals surface area (Å²) in [7, 11) is 0. The van der Waals surface area contributed by atoms with Gasteiger partial charge >= 0.3 is 0 Å². The van der Waals surface area contributed by atoms with E-state index in [4.69, 9.17) is 4.74 Å². The van der Waals surface area contributed by atoms with Gasteiger partial charge in [0.2, 0.25) is 0 Å². The van der Waals surface area contributed by atoms with E-state index in [9.17, 15) is 4.79 Å². The van der Waals surface area contributed by atoms with Crippen LogP contribution in [-0.2, 0) is 4.74 Å². The van der Waals surface area contributed by atoms with Gasteiger partial charge in [0, 0.05) is 18.7 Å². The molecule has 0 aliphatic heterocycles. The van der Waals surface area contributed by atoms with Gasteiger partial charge in [-0.25, -0.2) is 0 Å². The van der Waals surface area contributed by atoms with Crippen LogP contribution in [0.4, 0.5) is 0 Å². The molecule has 0 saturated carbocycles. The Kier molecular flexibility index (Phi) is 7.31. The molecule has 1 amide bonds. The fourth-order valence-electron chi connectivity index (χ4n) is 1.78. The lowest BCUT2D eigenvalue weighted by atomic mass is 10.0. The maximum absolute atomic E-state index is 11.9. The summed E-state index contributed by atoms with van der Waals surface area (Å²) in [6.45, 7) is 10.5. The summed E-state index contributed by atoms with van der Waals surface area (Å²) < 4.78 is 5.47. The molecule has 0 bridgehead atoms. The molecule has 0 aliphatic rings. The maximum Gasteiger partial charge on any atom is 0.251 e. The lowest BCUT2D eigenvalue weighted by Crippen LogP contribution is -2.27. The zero-order valence-corrected chi connectivity index (χ0v) is 13.1. The second-order valence-electron chi connectivity index (χ2n) is 5.83. The first-order valence-electron chi connectivity index (χ1n) is 7.46. The van der Waals surface area contributed by atoms with E-state index in [0.29, 0.717) is 30.6 Å². The summed E-state index contributed by atoms with van der Waals surface area (Å²) in [5, 5.41) is 2.87. The van der Waals surface area contributed by atoms with Crippen molar-refractivity contribution in [3.63, 3.8) is 0 Å². The van der Waals surface area contributed by atoms with Gasteiger partial charge in [-0.1, -0.05) is 39.8 Å². The standard InChI is InChI=1S/C17H27NO2/c1-13(2)9-11-20-12-10-18-17(19)16-7-5-15(6-8-16)14(3)4/h5-8,13-14H,9-12H2,1-4H3,(H,18,19). The Balaban J connectivity index is 2.25. The van der Waals surface area contributed by atoms with E-state index in [1.54, 1.807) is 0 Å². The molecule has 0 spiro atoms. The van der Waals surface area contributed by atoms with E-state index < -0.39 is 0 Å². The number of hydrogen-bond acceptors (Lipinski definition) is 2. The van der Waals surface area contributed by atoms with Gasteiger partial charge in [0.05, 0.1) is 6.61 Å². The smallest absolute Gasteiger partial charge is 0.251 e. The predicted octanol–water partition coefficient (Wildman–Crippen LogP) is 3.60. The number of hydrogen-bond donors (Lipinski definition) is 1. The van der Waals surface area contributed by atoms with E-state index in [2.05, 4.69) is 33.0 Å². The summed E-state index contributed by atoms with van der Waals surface area (Å²) in [5.74, 6) is 1.11. The molecule has 1 aromatic carbocycles. The third-order valence-electron chi connectivity index (χ3n) is 3.21. The van der Waals surface area contributed by atoms with Crippen molar-refractivity contribution in [3.05, 3.63) is 35.4 Å². The van der Waals surface area contributed by atoms with Crippen LogP contribution in [0.15, 0.2) is 24.3 Å². The van der Waals surface area contributed by atoms with Crippen LogP contribution in [0.25, 0.3) is 0 Å². The van der Waals surface area contributed by atoms with Gasteiger partial charge in [-0.2, -0.15) is 0 Å². The number of amides is 1. The number of ether oxygens (including phenoxy) is 1. The van der Waals surface area contributed by atoms with E-state index >= 15 is 0 Å². The molecule has 0 fully saturated rings. The molecule has 0 atom stereocenters. The third kappa shape index (κ3) is 6.20. The number of carbonyl (C=O) groups is 1. The van der Waals surface area contributed by atoms with Crippen LogP contribution in [0, 0.1) is 5.92 Å². The van der Waals surface area contributed by atoms with Crippen molar-refractivity contribution < 1.29 is 9.53 Å². The Morgan fingerprint density at radius 1 is 1.10 bits per heavy atom. The molecule has 3 heteroatoms.